The van der Waals surface area contributed by atoms with Gasteiger partial charge in [0.05, 0.1) is 23.9 Å². The first-order valence-corrected chi connectivity index (χ1v) is 11.4. The molecule has 0 atom stereocenters. The average Bonchev–Trinajstić information content (AvgIpc) is 2.89. The van der Waals surface area contributed by atoms with E-state index in [1.54, 1.807) is 0 Å². The van der Waals surface area contributed by atoms with Crippen molar-refractivity contribution < 1.29 is 97.5 Å². The Morgan fingerprint density at radius 1 is 0.370 bits per heavy atom. The van der Waals surface area contributed by atoms with Crippen LogP contribution in [0, 0.1) is 0 Å². The van der Waals surface area contributed by atoms with Gasteiger partial charge < -0.3 is 80.5 Å². The van der Waals surface area contributed by atoms with Crippen LogP contribution >= 0.6 is 0 Å². The van der Waals surface area contributed by atoms with Crippen molar-refractivity contribution in [1.29, 1.82) is 0 Å². The van der Waals surface area contributed by atoms with Crippen LogP contribution in [0.5, 0.6) is 46.0 Å². The van der Waals surface area contributed by atoms with Crippen LogP contribution in [-0.2, 0) is 17.1 Å². The summed E-state index contributed by atoms with van der Waals surface area (Å²) in [6, 6.07) is 12.7. The van der Waals surface area contributed by atoms with Gasteiger partial charge in [0.15, 0.2) is 0 Å². The number of hydrogen-bond donors (Lipinski definition) is 8. The maximum absolute atomic E-state index is 10.2. The van der Waals surface area contributed by atoms with E-state index in [9.17, 15) is 39.6 Å². The predicted molar refractivity (Wildman–Crippen MR) is 142 cm³/mol. The molecule has 0 spiro atoms. The molecule has 4 rings (SSSR count). The van der Waals surface area contributed by atoms with Crippen molar-refractivity contribution in [3.8, 4) is 46.0 Å². The van der Waals surface area contributed by atoms with Gasteiger partial charge in [-0.3, -0.25) is 0 Å². The van der Waals surface area contributed by atoms with Crippen molar-refractivity contribution in [2.24, 2.45) is 0 Å². The maximum Gasteiger partial charge on any atom is 2.00 e. The monoisotopic (exact) mass is 883 g/mol. The molecule has 0 saturated carbocycles. The van der Waals surface area contributed by atoms with Gasteiger partial charge in [-0.2, -0.15) is 0 Å². The standard InChI is InChI=1S/4C7H6O4.Cu.Pb/c4*8-4-1-2-5(7(10)11)6(9)3-4;;/h4*1-3,8-9H,(H,10,11);;/q;;;;2*+2/p-4. The molecule has 18 heteroatoms. The zero-order valence-electron chi connectivity index (χ0n) is 22.6. The Morgan fingerprint density at radius 2 is 0.522 bits per heavy atom. The quantitative estimate of drug-likeness (QED) is 0.0980. The summed E-state index contributed by atoms with van der Waals surface area (Å²) in [5.74, 6) is -8.61. The third-order valence-corrected chi connectivity index (χ3v) is 4.80. The maximum atomic E-state index is 10.2. The zero-order chi connectivity index (χ0) is 33.7. The summed E-state index contributed by atoms with van der Waals surface area (Å²) in [7, 11) is 0. The molecule has 0 aliphatic heterocycles. The largest absolute Gasteiger partial charge is 2.00 e. The molecular weight excluding hydrogens is 863 g/mol. The SMILES string of the molecule is O=C([O-])c1ccc(O)cc1O.O=C([O-])c1ccc(O)cc1O.O=C([O-])c1ccc(O)cc1O.O=C([O-])c1ccc(O)cc1O.[Cu+2].[Pb+2]. The van der Waals surface area contributed by atoms with Crippen LogP contribution < -0.4 is 20.4 Å². The molecule has 0 unspecified atom stereocenters. The average molecular weight is 883 g/mol. The Morgan fingerprint density at radius 3 is 0.630 bits per heavy atom. The van der Waals surface area contributed by atoms with E-state index in [1.807, 2.05) is 0 Å². The van der Waals surface area contributed by atoms with Crippen LogP contribution in [0.2, 0.25) is 0 Å². The number of phenolic OH excluding ortho intramolecular Hbond substituents is 4. The van der Waals surface area contributed by atoms with Crippen LogP contribution in [0.15, 0.2) is 72.8 Å². The molecule has 0 aliphatic carbocycles. The molecule has 0 heterocycles. The van der Waals surface area contributed by atoms with E-state index in [-0.39, 0.29) is 89.6 Å². The molecule has 0 aliphatic rings. The summed E-state index contributed by atoms with van der Waals surface area (Å²) in [5.41, 5.74) is -1.32. The topological polar surface area (TPSA) is 322 Å². The van der Waals surface area contributed by atoms with Crippen LogP contribution in [0.3, 0.4) is 0 Å². The molecule has 0 saturated heterocycles. The van der Waals surface area contributed by atoms with E-state index < -0.39 is 46.9 Å². The van der Waals surface area contributed by atoms with Gasteiger partial charge in [0, 0.05) is 46.5 Å². The van der Waals surface area contributed by atoms with E-state index >= 15 is 0 Å². The number of aromatic carboxylic acids is 4. The van der Waals surface area contributed by atoms with Gasteiger partial charge in [0.2, 0.25) is 0 Å². The molecule has 0 fully saturated rings. The van der Waals surface area contributed by atoms with Gasteiger partial charge in [-0.05, 0) is 48.5 Å². The Hall–Kier alpha value is -5.40. The number of carboxylic acid groups (broad SMARTS) is 4. The van der Waals surface area contributed by atoms with E-state index in [0.29, 0.717) is 0 Å². The van der Waals surface area contributed by atoms with Gasteiger partial charge in [-0.25, -0.2) is 0 Å². The minimum atomic E-state index is -1.47. The molecule has 16 nitrogen and oxygen atoms in total. The van der Waals surface area contributed by atoms with E-state index in [2.05, 4.69) is 0 Å². The summed E-state index contributed by atoms with van der Waals surface area (Å²) in [4.78, 5) is 40.7. The molecule has 243 valence electrons. The molecule has 0 amide bonds. The zero-order valence-corrected chi connectivity index (χ0v) is 27.4. The van der Waals surface area contributed by atoms with Crippen LogP contribution in [0.25, 0.3) is 0 Å². The van der Waals surface area contributed by atoms with Crippen LogP contribution in [0.1, 0.15) is 41.4 Å². The van der Waals surface area contributed by atoms with Crippen molar-refractivity contribution in [2.75, 3.05) is 0 Å². The third-order valence-electron chi connectivity index (χ3n) is 4.80. The minimum Gasteiger partial charge on any atom is -0.545 e. The summed E-state index contributed by atoms with van der Waals surface area (Å²) < 4.78 is 0. The van der Waals surface area contributed by atoms with Crippen molar-refractivity contribution in [1.82, 2.24) is 0 Å². The molecule has 0 bridgehead atoms. The fraction of sp³-hybridized carbons (Fsp3) is 0. The molecule has 46 heavy (non-hydrogen) atoms. The number of carboxylic acids is 4. The summed E-state index contributed by atoms with van der Waals surface area (Å²) in [5, 5.41) is 111. The predicted octanol–water partition coefficient (Wildman–Crippen LogP) is -2.54. The number of hydrogen-bond acceptors (Lipinski definition) is 16. The van der Waals surface area contributed by atoms with Gasteiger partial charge in [0.25, 0.3) is 0 Å². The van der Waals surface area contributed by atoms with Crippen molar-refractivity contribution in [3.63, 3.8) is 0 Å². The third kappa shape index (κ3) is 13.9. The molecule has 0 aromatic heterocycles. The second-order valence-corrected chi connectivity index (χ2v) is 7.96. The number of aromatic hydroxyl groups is 8. The second-order valence-electron chi connectivity index (χ2n) is 7.96. The van der Waals surface area contributed by atoms with E-state index in [4.69, 9.17) is 40.9 Å². The number of carbonyl (C=O) groups excluding carboxylic acids is 4. The molecular formula is C28H20CuO16Pb. The summed E-state index contributed by atoms with van der Waals surface area (Å²) in [6.07, 6.45) is 0. The number of benzene rings is 4. The van der Waals surface area contributed by atoms with Gasteiger partial charge >= 0.3 is 44.4 Å². The first kappa shape index (κ1) is 42.7. The van der Waals surface area contributed by atoms with Crippen LogP contribution in [0.4, 0.5) is 0 Å². The number of rotatable bonds is 4. The molecule has 8 N–H and O–H groups in total. The Labute approximate surface area is 288 Å². The van der Waals surface area contributed by atoms with E-state index in [0.717, 1.165) is 72.8 Å². The molecule has 4 aromatic carbocycles. The van der Waals surface area contributed by atoms with Gasteiger partial charge in [0.1, 0.15) is 46.0 Å². The fourth-order valence-corrected chi connectivity index (χ4v) is 2.77. The van der Waals surface area contributed by atoms with Crippen molar-refractivity contribution >= 4 is 51.2 Å². The summed E-state index contributed by atoms with van der Waals surface area (Å²) in [6.45, 7) is 0. The van der Waals surface area contributed by atoms with E-state index in [1.165, 1.54) is 0 Å². The molecule has 3 radical (unpaired) electrons. The number of carbonyl (C=O) groups is 4. The Bertz CT molecular complexity index is 1430. The smallest absolute Gasteiger partial charge is 0.545 e. The number of phenols is 8. The first-order valence-electron chi connectivity index (χ1n) is 11.4. The second kappa shape index (κ2) is 19.8. The fourth-order valence-electron chi connectivity index (χ4n) is 2.77. The van der Waals surface area contributed by atoms with Crippen LogP contribution in [-0.4, -0.2) is 92.0 Å². The normalized spacial score (nSPS) is 9.04. The van der Waals surface area contributed by atoms with Crippen molar-refractivity contribution in [2.45, 2.75) is 0 Å². The Balaban J connectivity index is 0. The first-order chi connectivity index (χ1) is 20.4. The Kier molecular flexibility index (Phi) is 18.4. The van der Waals surface area contributed by atoms with Gasteiger partial charge in [-0.15, -0.1) is 0 Å². The van der Waals surface area contributed by atoms with Crippen molar-refractivity contribution in [3.05, 3.63) is 95.1 Å². The summed E-state index contributed by atoms with van der Waals surface area (Å²) >= 11 is 0. The minimum absolute atomic E-state index is 0. The molecule has 4 aromatic rings. The van der Waals surface area contributed by atoms with Gasteiger partial charge in [-0.1, -0.05) is 0 Å².